The Morgan fingerprint density at radius 1 is 1.25 bits per heavy atom. The van der Waals surface area contributed by atoms with E-state index >= 15 is 0 Å². The van der Waals surface area contributed by atoms with Gasteiger partial charge in [0.05, 0.1) is 0 Å². The number of hydrogen-bond donors (Lipinski definition) is 2. The summed E-state index contributed by atoms with van der Waals surface area (Å²) in [5.74, 6) is -0.981. The van der Waals surface area contributed by atoms with E-state index in [0.29, 0.717) is 6.54 Å². The molecule has 5 nitrogen and oxygen atoms in total. The van der Waals surface area contributed by atoms with Gasteiger partial charge in [-0.1, -0.05) is 40.0 Å². The van der Waals surface area contributed by atoms with Crippen LogP contribution in [0, 0.1) is 5.41 Å². The lowest BCUT2D eigenvalue weighted by Crippen LogP contribution is -2.55. The highest BCUT2D eigenvalue weighted by molar-refractivity contribution is 5.83. The second kappa shape index (κ2) is 6.95. The van der Waals surface area contributed by atoms with Crippen molar-refractivity contribution < 1.29 is 14.7 Å². The van der Waals surface area contributed by atoms with Crippen molar-refractivity contribution in [2.24, 2.45) is 5.41 Å². The number of hydrogen-bond acceptors (Lipinski definition) is 2. The second-order valence-corrected chi connectivity index (χ2v) is 6.66. The van der Waals surface area contributed by atoms with Crippen molar-refractivity contribution in [3.63, 3.8) is 0 Å². The maximum Gasteiger partial charge on any atom is 0.326 e. The van der Waals surface area contributed by atoms with Crippen LogP contribution in [0.1, 0.15) is 59.8 Å². The highest BCUT2D eigenvalue weighted by Gasteiger charge is 2.34. The van der Waals surface area contributed by atoms with Gasteiger partial charge in [0.2, 0.25) is 0 Å². The van der Waals surface area contributed by atoms with E-state index in [1.165, 1.54) is 6.42 Å². The Labute approximate surface area is 121 Å². The average molecular weight is 284 g/mol. The number of aliphatic carboxylic acids is 1. The molecule has 2 amide bonds. The first-order valence-corrected chi connectivity index (χ1v) is 7.57. The molecule has 20 heavy (non-hydrogen) atoms. The maximum absolute atomic E-state index is 12.4. The van der Waals surface area contributed by atoms with Crippen molar-refractivity contribution in [2.45, 2.75) is 71.9 Å². The van der Waals surface area contributed by atoms with E-state index in [0.717, 1.165) is 25.7 Å². The molecule has 0 heterocycles. The lowest BCUT2D eigenvalue weighted by molar-refractivity contribution is -0.142. The number of carbonyl (C=O) groups is 2. The van der Waals surface area contributed by atoms with E-state index < -0.39 is 17.4 Å². The van der Waals surface area contributed by atoms with Crippen LogP contribution in [0.4, 0.5) is 4.79 Å². The summed E-state index contributed by atoms with van der Waals surface area (Å²) in [7, 11) is 0. The normalized spacial score (nSPS) is 18.4. The second-order valence-electron chi connectivity index (χ2n) is 6.66. The summed E-state index contributed by atoms with van der Waals surface area (Å²) < 4.78 is 0. The molecule has 1 saturated carbocycles. The highest BCUT2D eigenvalue weighted by atomic mass is 16.4. The fourth-order valence-electron chi connectivity index (χ4n) is 2.82. The molecule has 0 aromatic heterocycles. The Morgan fingerprint density at radius 2 is 1.80 bits per heavy atom. The zero-order chi connectivity index (χ0) is 15.3. The van der Waals surface area contributed by atoms with Crippen LogP contribution in [0.3, 0.4) is 0 Å². The number of carboxylic acid groups (broad SMARTS) is 1. The molecule has 1 rings (SSSR count). The predicted molar refractivity (Wildman–Crippen MR) is 78.7 cm³/mol. The van der Waals surface area contributed by atoms with E-state index in [2.05, 4.69) is 5.32 Å². The summed E-state index contributed by atoms with van der Waals surface area (Å²) in [5.41, 5.74) is -0.506. The molecule has 2 N–H and O–H groups in total. The number of rotatable bonds is 4. The summed E-state index contributed by atoms with van der Waals surface area (Å²) in [5, 5.41) is 12.0. The van der Waals surface area contributed by atoms with Gasteiger partial charge in [0.1, 0.15) is 6.04 Å². The summed E-state index contributed by atoms with van der Waals surface area (Å²) in [4.78, 5) is 25.5. The Bertz CT molecular complexity index is 344. The third-order valence-corrected chi connectivity index (χ3v) is 4.00. The van der Waals surface area contributed by atoms with Crippen LogP contribution < -0.4 is 5.32 Å². The molecule has 0 aliphatic heterocycles. The van der Waals surface area contributed by atoms with Gasteiger partial charge in [-0.05, 0) is 25.2 Å². The van der Waals surface area contributed by atoms with E-state index in [9.17, 15) is 14.7 Å². The van der Waals surface area contributed by atoms with Crippen molar-refractivity contribution in [3.05, 3.63) is 0 Å². The molecule has 0 radical (unpaired) electrons. The quantitative estimate of drug-likeness (QED) is 0.834. The molecular formula is C15H28N2O3. The van der Waals surface area contributed by atoms with E-state index in [1.54, 1.807) is 4.90 Å². The zero-order valence-electron chi connectivity index (χ0n) is 13.1. The van der Waals surface area contributed by atoms with Crippen molar-refractivity contribution in [2.75, 3.05) is 6.54 Å². The fraction of sp³-hybridized carbons (Fsp3) is 0.867. The SMILES string of the molecule is CCN(C(=O)NC(C(=O)O)C(C)(C)C)C1CCCCC1. The number of carboxylic acids is 1. The lowest BCUT2D eigenvalue weighted by Gasteiger charge is -2.36. The number of nitrogens with one attached hydrogen (secondary N) is 1. The van der Waals surface area contributed by atoms with Gasteiger partial charge < -0.3 is 15.3 Å². The first-order chi connectivity index (χ1) is 9.27. The van der Waals surface area contributed by atoms with Crippen LogP contribution in [0.25, 0.3) is 0 Å². The van der Waals surface area contributed by atoms with Crippen molar-refractivity contribution >= 4 is 12.0 Å². The van der Waals surface area contributed by atoms with E-state index in [1.807, 2.05) is 27.7 Å². The van der Waals surface area contributed by atoms with Gasteiger partial charge in [-0.15, -0.1) is 0 Å². The van der Waals surface area contributed by atoms with Gasteiger partial charge in [-0.25, -0.2) is 9.59 Å². The third kappa shape index (κ3) is 4.39. The number of nitrogens with zero attached hydrogens (tertiary/aromatic N) is 1. The summed E-state index contributed by atoms with van der Waals surface area (Å²) in [6.45, 7) is 8.03. The largest absolute Gasteiger partial charge is 0.480 e. The lowest BCUT2D eigenvalue weighted by atomic mass is 9.87. The zero-order valence-corrected chi connectivity index (χ0v) is 13.1. The van der Waals surface area contributed by atoms with Crippen LogP contribution in [-0.4, -0.2) is 40.6 Å². The van der Waals surface area contributed by atoms with Gasteiger partial charge in [-0.3, -0.25) is 0 Å². The van der Waals surface area contributed by atoms with Crippen molar-refractivity contribution in [1.82, 2.24) is 10.2 Å². The first-order valence-electron chi connectivity index (χ1n) is 7.57. The molecule has 0 bridgehead atoms. The molecule has 1 atom stereocenters. The van der Waals surface area contributed by atoms with Crippen LogP contribution in [0.2, 0.25) is 0 Å². The van der Waals surface area contributed by atoms with Crippen LogP contribution in [0.15, 0.2) is 0 Å². The Morgan fingerprint density at radius 3 is 2.20 bits per heavy atom. The number of carbonyl (C=O) groups excluding carboxylic acids is 1. The van der Waals surface area contributed by atoms with Crippen molar-refractivity contribution in [3.8, 4) is 0 Å². The smallest absolute Gasteiger partial charge is 0.326 e. The van der Waals surface area contributed by atoms with Crippen LogP contribution in [-0.2, 0) is 4.79 Å². The molecule has 0 spiro atoms. The monoisotopic (exact) mass is 284 g/mol. The summed E-state index contributed by atoms with van der Waals surface area (Å²) in [6, 6.07) is -0.863. The summed E-state index contributed by atoms with van der Waals surface area (Å²) >= 11 is 0. The standard InChI is InChI=1S/C15H28N2O3/c1-5-17(11-9-7-6-8-10-11)14(20)16-12(13(18)19)15(2,3)4/h11-12H,5-10H2,1-4H3,(H,16,20)(H,18,19). The van der Waals surface area contributed by atoms with Crippen LogP contribution >= 0.6 is 0 Å². The van der Waals surface area contributed by atoms with Crippen LogP contribution in [0.5, 0.6) is 0 Å². The fourth-order valence-corrected chi connectivity index (χ4v) is 2.82. The minimum absolute atomic E-state index is 0.248. The first kappa shape index (κ1) is 16.8. The molecule has 0 saturated heterocycles. The molecule has 0 aromatic rings. The third-order valence-electron chi connectivity index (χ3n) is 4.00. The molecule has 5 heteroatoms. The molecule has 1 unspecified atom stereocenters. The maximum atomic E-state index is 12.4. The Kier molecular flexibility index (Phi) is 5.84. The molecule has 1 aliphatic rings. The van der Waals surface area contributed by atoms with Crippen molar-refractivity contribution in [1.29, 1.82) is 0 Å². The summed E-state index contributed by atoms with van der Waals surface area (Å²) in [6.07, 6.45) is 5.57. The Hall–Kier alpha value is -1.26. The molecule has 1 aliphatic carbocycles. The minimum atomic E-state index is -0.981. The number of urea groups is 1. The van der Waals surface area contributed by atoms with E-state index in [-0.39, 0.29) is 12.1 Å². The van der Waals surface area contributed by atoms with Gasteiger partial charge in [0.15, 0.2) is 0 Å². The topological polar surface area (TPSA) is 69.6 Å². The Balaban J connectivity index is 2.72. The van der Waals surface area contributed by atoms with E-state index in [4.69, 9.17) is 0 Å². The average Bonchev–Trinajstić information content (AvgIpc) is 2.36. The number of amides is 2. The minimum Gasteiger partial charge on any atom is -0.480 e. The van der Waals surface area contributed by atoms with Gasteiger partial charge >= 0.3 is 12.0 Å². The van der Waals surface area contributed by atoms with Gasteiger partial charge in [-0.2, -0.15) is 0 Å². The van der Waals surface area contributed by atoms with Gasteiger partial charge in [0.25, 0.3) is 0 Å². The van der Waals surface area contributed by atoms with Gasteiger partial charge in [0, 0.05) is 12.6 Å². The molecule has 0 aromatic carbocycles. The predicted octanol–water partition coefficient (Wildman–Crippen LogP) is 2.85. The molecule has 116 valence electrons. The highest BCUT2D eigenvalue weighted by Crippen LogP contribution is 2.24. The molecular weight excluding hydrogens is 256 g/mol. The molecule has 1 fully saturated rings.